The molecule has 164 valence electrons. The van der Waals surface area contributed by atoms with Crippen molar-refractivity contribution in [1.82, 2.24) is 10.6 Å². The molecule has 0 unspecified atom stereocenters. The van der Waals surface area contributed by atoms with Gasteiger partial charge in [0.2, 0.25) is 23.6 Å². The average molecular weight is 423 g/mol. The van der Waals surface area contributed by atoms with Crippen LogP contribution in [0.25, 0.3) is 0 Å². The van der Waals surface area contributed by atoms with Crippen LogP contribution in [-0.4, -0.2) is 57.9 Å². The Labute approximate surface area is 171 Å². The van der Waals surface area contributed by atoms with Crippen LogP contribution in [0.3, 0.4) is 0 Å². The first-order valence-corrected chi connectivity index (χ1v) is 8.93. The lowest BCUT2D eigenvalue weighted by atomic mass is 10.0. The van der Waals surface area contributed by atoms with Crippen molar-refractivity contribution >= 4 is 29.6 Å². The molecule has 0 aliphatic heterocycles. The molecule has 0 spiro atoms. The summed E-state index contributed by atoms with van der Waals surface area (Å²) in [4.78, 5) is 58.1. The van der Waals surface area contributed by atoms with Gasteiger partial charge < -0.3 is 38.0 Å². The van der Waals surface area contributed by atoms with Gasteiger partial charge in [-0.05, 0) is 30.5 Å². The molecule has 4 amide bonds. The highest BCUT2D eigenvalue weighted by molar-refractivity contribution is 5.93. The second-order valence-corrected chi connectivity index (χ2v) is 6.61. The summed E-state index contributed by atoms with van der Waals surface area (Å²) in [6.07, 6.45) is -1.03. The Morgan fingerprint density at radius 2 is 1.47 bits per heavy atom. The summed E-state index contributed by atoms with van der Waals surface area (Å²) in [5.41, 5.74) is 16.6. The second-order valence-electron chi connectivity index (χ2n) is 6.61. The first-order chi connectivity index (χ1) is 14.0. The molecule has 0 saturated heterocycles. The molecule has 12 heteroatoms. The minimum absolute atomic E-state index is 0.0453. The van der Waals surface area contributed by atoms with Gasteiger partial charge in [0.05, 0.1) is 12.5 Å². The molecule has 1 aromatic carbocycles. The highest BCUT2D eigenvalue weighted by Crippen LogP contribution is 2.11. The summed E-state index contributed by atoms with van der Waals surface area (Å²) in [6, 6.07) is 2.00. The normalized spacial score (nSPS) is 13.5. The number of nitrogens with two attached hydrogens (primary N) is 3. The predicted octanol–water partition coefficient (Wildman–Crippen LogP) is -2.54. The zero-order valence-corrected chi connectivity index (χ0v) is 16.0. The van der Waals surface area contributed by atoms with E-state index in [1.165, 1.54) is 12.1 Å². The lowest BCUT2D eigenvalue weighted by molar-refractivity contribution is -0.143. The number of hydrogen-bond acceptors (Lipinski definition) is 7. The smallest absolute Gasteiger partial charge is 0.326 e. The van der Waals surface area contributed by atoms with Crippen LogP contribution >= 0.6 is 0 Å². The molecular formula is C18H25N5O7. The highest BCUT2D eigenvalue weighted by atomic mass is 16.4. The van der Waals surface area contributed by atoms with Crippen molar-refractivity contribution < 1.29 is 34.2 Å². The lowest BCUT2D eigenvalue weighted by Crippen LogP contribution is -2.55. The molecule has 0 bridgehead atoms. The Morgan fingerprint density at radius 1 is 0.900 bits per heavy atom. The number of carbonyl (C=O) groups is 5. The van der Waals surface area contributed by atoms with E-state index in [4.69, 9.17) is 22.3 Å². The van der Waals surface area contributed by atoms with Gasteiger partial charge in [0.25, 0.3) is 0 Å². The molecule has 0 aromatic heterocycles. The molecule has 1 rings (SSSR count). The van der Waals surface area contributed by atoms with E-state index in [0.29, 0.717) is 5.56 Å². The number of benzene rings is 1. The van der Waals surface area contributed by atoms with Crippen LogP contribution in [0.1, 0.15) is 24.8 Å². The Morgan fingerprint density at radius 3 is 1.97 bits per heavy atom. The number of hydrogen-bond donors (Lipinski definition) is 7. The highest BCUT2D eigenvalue weighted by Gasteiger charge is 2.29. The van der Waals surface area contributed by atoms with Crippen LogP contribution in [0.2, 0.25) is 0 Å². The van der Waals surface area contributed by atoms with Gasteiger partial charge in [0, 0.05) is 6.42 Å². The fourth-order valence-electron chi connectivity index (χ4n) is 2.49. The fraction of sp³-hybridized carbons (Fsp3) is 0.389. The molecule has 0 fully saturated rings. The maximum atomic E-state index is 12.4. The van der Waals surface area contributed by atoms with Crippen LogP contribution in [0, 0.1) is 0 Å². The number of phenols is 1. The summed E-state index contributed by atoms with van der Waals surface area (Å²) >= 11 is 0. The van der Waals surface area contributed by atoms with Gasteiger partial charge >= 0.3 is 5.97 Å². The van der Waals surface area contributed by atoms with E-state index in [2.05, 4.69) is 10.6 Å². The van der Waals surface area contributed by atoms with Crippen molar-refractivity contribution in [3.05, 3.63) is 29.8 Å². The molecule has 0 aliphatic rings. The fourth-order valence-corrected chi connectivity index (χ4v) is 2.49. The zero-order chi connectivity index (χ0) is 22.8. The number of aliphatic carboxylic acids is 1. The number of amides is 4. The van der Waals surface area contributed by atoms with Gasteiger partial charge in [-0.15, -0.1) is 0 Å². The van der Waals surface area contributed by atoms with E-state index in [9.17, 15) is 29.1 Å². The van der Waals surface area contributed by atoms with Crippen molar-refractivity contribution in [3.8, 4) is 5.75 Å². The second kappa shape index (κ2) is 11.4. The first-order valence-electron chi connectivity index (χ1n) is 8.93. The Bertz CT molecular complexity index is 797. The van der Waals surface area contributed by atoms with E-state index in [-0.39, 0.29) is 25.0 Å². The number of carboxylic acid groups (broad SMARTS) is 1. The first kappa shape index (κ1) is 24.4. The predicted molar refractivity (Wildman–Crippen MR) is 104 cm³/mol. The third kappa shape index (κ3) is 8.56. The maximum Gasteiger partial charge on any atom is 0.326 e. The number of carboxylic acids is 1. The van der Waals surface area contributed by atoms with Crippen LogP contribution < -0.4 is 27.8 Å². The van der Waals surface area contributed by atoms with Crippen LogP contribution in [0.5, 0.6) is 5.75 Å². The minimum atomic E-state index is -1.60. The standard InChI is InChI=1S/C18H25N5O7/c19-11(7-9-1-3-10(24)4-2-9)16(27)22-12(5-6-14(20)25)17(28)23-13(18(29)30)8-15(21)26/h1-4,11-13,24H,5-8,19H2,(H2,20,25)(H2,21,26)(H,22,27)(H,23,28)(H,29,30)/t11-,12-,13-/m0/s1. The van der Waals surface area contributed by atoms with Crippen molar-refractivity contribution in [2.24, 2.45) is 17.2 Å². The number of carbonyl (C=O) groups excluding carboxylic acids is 4. The van der Waals surface area contributed by atoms with E-state index in [1.54, 1.807) is 12.1 Å². The molecule has 0 radical (unpaired) electrons. The zero-order valence-electron chi connectivity index (χ0n) is 16.0. The Kier molecular flexibility index (Phi) is 9.23. The quantitative estimate of drug-likeness (QED) is 0.189. The topological polar surface area (TPSA) is 228 Å². The van der Waals surface area contributed by atoms with Crippen molar-refractivity contribution in [2.45, 2.75) is 43.8 Å². The van der Waals surface area contributed by atoms with Gasteiger partial charge in [-0.2, -0.15) is 0 Å². The molecule has 1 aromatic rings. The molecule has 10 N–H and O–H groups in total. The van der Waals surface area contributed by atoms with Gasteiger partial charge in [0.15, 0.2) is 0 Å². The Balaban J connectivity index is 2.84. The van der Waals surface area contributed by atoms with Crippen LogP contribution in [0.4, 0.5) is 0 Å². The van der Waals surface area contributed by atoms with E-state index in [1.807, 2.05) is 0 Å². The van der Waals surface area contributed by atoms with E-state index >= 15 is 0 Å². The Hall–Kier alpha value is -3.67. The van der Waals surface area contributed by atoms with E-state index in [0.717, 1.165) is 0 Å². The summed E-state index contributed by atoms with van der Waals surface area (Å²) in [7, 11) is 0. The number of rotatable bonds is 12. The number of phenolic OH excluding ortho intramolecular Hbond substituents is 1. The molecule has 12 nitrogen and oxygen atoms in total. The third-order valence-electron chi connectivity index (χ3n) is 4.06. The monoisotopic (exact) mass is 423 g/mol. The summed E-state index contributed by atoms with van der Waals surface area (Å²) in [5.74, 6) is -4.79. The number of nitrogens with one attached hydrogen (secondary N) is 2. The minimum Gasteiger partial charge on any atom is -0.508 e. The van der Waals surface area contributed by atoms with Crippen molar-refractivity contribution in [2.75, 3.05) is 0 Å². The molecule has 0 heterocycles. The van der Waals surface area contributed by atoms with Gasteiger partial charge in [-0.3, -0.25) is 19.2 Å². The molecular weight excluding hydrogens is 398 g/mol. The maximum absolute atomic E-state index is 12.4. The largest absolute Gasteiger partial charge is 0.508 e. The summed E-state index contributed by atoms with van der Waals surface area (Å²) in [5, 5.41) is 22.8. The van der Waals surface area contributed by atoms with Gasteiger partial charge in [-0.1, -0.05) is 12.1 Å². The van der Waals surface area contributed by atoms with Gasteiger partial charge in [0.1, 0.15) is 17.8 Å². The number of primary amides is 2. The third-order valence-corrected chi connectivity index (χ3v) is 4.06. The van der Waals surface area contributed by atoms with Crippen molar-refractivity contribution in [1.29, 1.82) is 0 Å². The van der Waals surface area contributed by atoms with Crippen LogP contribution in [-0.2, 0) is 30.4 Å². The van der Waals surface area contributed by atoms with Crippen LogP contribution in [0.15, 0.2) is 24.3 Å². The van der Waals surface area contributed by atoms with Gasteiger partial charge in [-0.25, -0.2) is 4.79 Å². The molecule has 0 saturated carbocycles. The van der Waals surface area contributed by atoms with Crippen molar-refractivity contribution in [3.63, 3.8) is 0 Å². The average Bonchev–Trinajstić information content (AvgIpc) is 2.65. The SMILES string of the molecule is NC(=O)CC[C@H](NC(=O)[C@@H](N)Cc1ccc(O)cc1)C(=O)N[C@@H](CC(N)=O)C(=O)O. The molecule has 30 heavy (non-hydrogen) atoms. The summed E-state index contributed by atoms with van der Waals surface area (Å²) < 4.78 is 0. The molecule has 0 aliphatic carbocycles. The lowest BCUT2D eigenvalue weighted by Gasteiger charge is -2.22. The number of aromatic hydroxyl groups is 1. The van der Waals surface area contributed by atoms with E-state index < -0.39 is 54.1 Å². The summed E-state index contributed by atoms with van der Waals surface area (Å²) in [6.45, 7) is 0. The molecule has 3 atom stereocenters.